The van der Waals surface area contributed by atoms with Crippen molar-refractivity contribution in [1.82, 2.24) is 4.90 Å². The summed E-state index contributed by atoms with van der Waals surface area (Å²) in [6.07, 6.45) is 7.78. The Hall–Kier alpha value is -1.05. The van der Waals surface area contributed by atoms with Crippen LogP contribution in [0.25, 0.3) is 0 Å². The molecule has 0 aromatic heterocycles. The first kappa shape index (κ1) is 7.06. The summed E-state index contributed by atoms with van der Waals surface area (Å²) in [5, 5.41) is 0. The second kappa shape index (κ2) is 3.20. The summed E-state index contributed by atoms with van der Waals surface area (Å²) in [4.78, 5) is 6.27. The monoisotopic (exact) mass is 136 g/mol. The Bertz CT molecular complexity index is 189. The van der Waals surface area contributed by atoms with Crippen LogP contribution in [0.5, 0.6) is 0 Å². The minimum Gasteiger partial charge on any atom is -0.334 e. The zero-order valence-electron chi connectivity index (χ0n) is 6.41. The molecule has 0 saturated heterocycles. The molecule has 0 aromatic carbocycles. The third-order valence-electron chi connectivity index (χ3n) is 1.45. The Morgan fingerprint density at radius 1 is 1.70 bits per heavy atom. The molecule has 0 N–H and O–H groups in total. The van der Waals surface area contributed by atoms with Gasteiger partial charge >= 0.3 is 0 Å². The van der Waals surface area contributed by atoms with Crippen LogP contribution >= 0.6 is 0 Å². The highest BCUT2D eigenvalue weighted by molar-refractivity contribution is 5.73. The fourth-order valence-electron chi connectivity index (χ4n) is 0.920. The van der Waals surface area contributed by atoms with E-state index >= 15 is 0 Å². The van der Waals surface area contributed by atoms with Crippen molar-refractivity contribution in [3.8, 4) is 0 Å². The number of hydrogen-bond donors (Lipinski definition) is 0. The molecule has 1 heterocycles. The van der Waals surface area contributed by atoms with Crippen molar-refractivity contribution in [3.63, 3.8) is 0 Å². The third-order valence-corrected chi connectivity index (χ3v) is 1.45. The predicted molar refractivity (Wildman–Crippen MR) is 43.8 cm³/mol. The van der Waals surface area contributed by atoms with Crippen molar-refractivity contribution in [2.24, 2.45) is 4.99 Å². The van der Waals surface area contributed by atoms with Gasteiger partial charge in [-0.15, -0.1) is 0 Å². The van der Waals surface area contributed by atoms with Gasteiger partial charge in [0.1, 0.15) is 5.82 Å². The normalized spacial score (nSPS) is 20.6. The highest BCUT2D eigenvalue weighted by atomic mass is 15.2. The molecule has 0 aliphatic carbocycles. The number of rotatable bonds is 1. The molecule has 10 heavy (non-hydrogen) atoms. The van der Waals surface area contributed by atoms with Crippen LogP contribution < -0.4 is 0 Å². The van der Waals surface area contributed by atoms with Gasteiger partial charge in [0.2, 0.25) is 0 Å². The lowest BCUT2D eigenvalue weighted by Crippen LogP contribution is -2.16. The second-order valence-electron chi connectivity index (χ2n) is 2.05. The van der Waals surface area contributed by atoms with E-state index in [0.29, 0.717) is 0 Å². The molecule has 0 unspecified atom stereocenters. The van der Waals surface area contributed by atoms with Gasteiger partial charge in [-0.1, -0.05) is 0 Å². The predicted octanol–water partition coefficient (Wildman–Crippen LogP) is 1.77. The largest absolute Gasteiger partial charge is 0.334 e. The van der Waals surface area contributed by atoms with Gasteiger partial charge in [-0.3, -0.25) is 0 Å². The molecule has 1 rings (SSSR count). The SMILES string of the molecule is C/C=C1/N=CC=CN1CC. The first-order valence-corrected chi connectivity index (χ1v) is 3.52. The zero-order valence-corrected chi connectivity index (χ0v) is 6.41. The Morgan fingerprint density at radius 3 is 3.00 bits per heavy atom. The Kier molecular flexibility index (Phi) is 2.26. The average Bonchev–Trinajstić information content (AvgIpc) is 2.04. The molecule has 0 fully saturated rings. The lowest BCUT2D eigenvalue weighted by Gasteiger charge is -2.19. The quantitative estimate of drug-likeness (QED) is 0.536. The molecule has 0 aromatic rings. The topological polar surface area (TPSA) is 15.6 Å². The highest BCUT2D eigenvalue weighted by Gasteiger charge is 2.01. The maximum absolute atomic E-state index is 4.18. The summed E-state index contributed by atoms with van der Waals surface area (Å²) in [5.74, 6) is 1.03. The lowest BCUT2D eigenvalue weighted by molar-refractivity contribution is 0.483. The van der Waals surface area contributed by atoms with Crippen LogP contribution in [0.3, 0.4) is 0 Å². The number of nitrogens with zero attached hydrogens (tertiary/aromatic N) is 2. The maximum atomic E-state index is 4.18. The number of hydrogen-bond acceptors (Lipinski definition) is 2. The van der Waals surface area contributed by atoms with Gasteiger partial charge in [0.05, 0.1) is 0 Å². The molecule has 0 atom stereocenters. The van der Waals surface area contributed by atoms with Crippen LogP contribution in [0.1, 0.15) is 13.8 Å². The van der Waals surface area contributed by atoms with E-state index in [2.05, 4.69) is 16.8 Å². The smallest absolute Gasteiger partial charge is 0.128 e. The first-order valence-electron chi connectivity index (χ1n) is 3.52. The van der Waals surface area contributed by atoms with Gasteiger partial charge in [0.25, 0.3) is 0 Å². The second-order valence-corrected chi connectivity index (χ2v) is 2.05. The lowest BCUT2D eigenvalue weighted by atomic mass is 10.4. The maximum Gasteiger partial charge on any atom is 0.128 e. The minimum absolute atomic E-state index is 0.980. The number of aliphatic imine (C=N–C) groups is 1. The van der Waals surface area contributed by atoms with E-state index in [-0.39, 0.29) is 0 Å². The van der Waals surface area contributed by atoms with Crippen molar-refractivity contribution in [2.45, 2.75) is 13.8 Å². The van der Waals surface area contributed by atoms with E-state index < -0.39 is 0 Å². The van der Waals surface area contributed by atoms with Crippen LogP contribution in [0.15, 0.2) is 29.2 Å². The summed E-state index contributed by atoms with van der Waals surface area (Å²) >= 11 is 0. The number of allylic oxidation sites excluding steroid dienone is 2. The summed E-state index contributed by atoms with van der Waals surface area (Å²) in [6.45, 7) is 5.08. The van der Waals surface area contributed by atoms with Crippen LogP contribution in [0, 0.1) is 0 Å². The van der Waals surface area contributed by atoms with Crippen LogP contribution in [0.4, 0.5) is 0 Å². The Morgan fingerprint density at radius 2 is 2.50 bits per heavy atom. The van der Waals surface area contributed by atoms with Gasteiger partial charge in [0.15, 0.2) is 0 Å². The van der Waals surface area contributed by atoms with Crippen molar-refractivity contribution in [2.75, 3.05) is 6.54 Å². The van der Waals surface area contributed by atoms with E-state index in [0.717, 1.165) is 12.4 Å². The van der Waals surface area contributed by atoms with E-state index in [1.165, 1.54) is 0 Å². The van der Waals surface area contributed by atoms with Gasteiger partial charge in [-0.05, 0) is 26.0 Å². The van der Waals surface area contributed by atoms with E-state index in [1.807, 2.05) is 31.5 Å². The molecular formula is C8H12N2. The van der Waals surface area contributed by atoms with Crippen molar-refractivity contribution in [3.05, 3.63) is 24.2 Å². The molecule has 54 valence electrons. The van der Waals surface area contributed by atoms with E-state index in [1.54, 1.807) is 0 Å². The minimum atomic E-state index is 0.980. The molecule has 0 radical (unpaired) electrons. The van der Waals surface area contributed by atoms with Crippen molar-refractivity contribution < 1.29 is 0 Å². The molecule has 0 bridgehead atoms. The van der Waals surface area contributed by atoms with Gasteiger partial charge in [-0.25, -0.2) is 4.99 Å². The molecule has 2 nitrogen and oxygen atoms in total. The van der Waals surface area contributed by atoms with Crippen molar-refractivity contribution in [1.29, 1.82) is 0 Å². The van der Waals surface area contributed by atoms with Crippen LogP contribution in [-0.2, 0) is 0 Å². The highest BCUT2D eigenvalue weighted by Crippen LogP contribution is 2.08. The van der Waals surface area contributed by atoms with Gasteiger partial charge in [0, 0.05) is 19.0 Å². The summed E-state index contributed by atoms with van der Waals surface area (Å²) in [6, 6.07) is 0. The molecule has 2 heteroatoms. The Balaban J connectivity index is 2.74. The summed E-state index contributed by atoms with van der Waals surface area (Å²) in [7, 11) is 0. The molecule has 0 amide bonds. The standard InChI is InChI=1S/C8H12N2/c1-3-8-9-6-5-7-10(8)4-2/h3,5-7H,4H2,1-2H3/b8-3-. The average molecular weight is 136 g/mol. The fraction of sp³-hybridized carbons (Fsp3) is 0.375. The summed E-state index contributed by atoms with van der Waals surface area (Å²) < 4.78 is 0. The van der Waals surface area contributed by atoms with Crippen LogP contribution in [0.2, 0.25) is 0 Å². The molecule has 1 aliphatic heterocycles. The zero-order chi connectivity index (χ0) is 7.40. The summed E-state index contributed by atoms with van der Waals surface area (Å²) in [5.41, 5.74) is 0. The Labute approximate surface area is 61.6 Å². The van der Waals surface area contributed by atoms with Gasteiger partial charge in [-0.2, -0.15) is 0 Å². The van der Waals surface area contributed by atoms with E-state index in [9.17, 15) is 0 Å². The molecule has 1 aliphatic rings. The third kappa shape index (κ3) is 1.26. The molecule has 0 saturated carbocycles. The first-order chi connectivity index (χ1) is 4.88. The van der Waals surface area contributed by atoms with E-state index in [4.69, 9.17) is 0 Å². The van der Waals surface area contributed by atoms with Gasteiger partial charge < -0.3 is 4.90 Å². The van der Waals surface area contributed by atoms with Crippen molar-refractivity contribution >= 4 is 6.21 Å². The van der Waals surface area contributed by atoms with Crippen LogP contribution in [-0.4, -0.2) is 17.7 Å². The molecule has 0 spiro atoms. The fourth-order valence-corrected chi connectivity index (χ4v) is 0.920. The molecular weight excluding hydrogens is 124 g/mol.